The summed E-state index contributed by atoms with van der Waals surface area (Å²) in [6.45, 7) is 6.64. The van der Waals surface area contributed by atoms with Crippen molar-refractivity contribution in [3.8, 4) is 0 Å². The van der Waals surface area contributed by atoms with E-state index in [0.29, 0.717) is 37.8 Å². The van der Waals surface area contributed by atoms with Gasteiger partial charge in [-0.25, -0.2) is 0 Å². The maximum Gasteiger partial charge on any atom is 0.250 e. The molecule has 1 atom stereocenters. The van der Waals surface area contributed by atoms with E-state index in [1.807, 2.05) is 24.0 Å². The second kappa shape index (κ2) is 6.95. The van der Waals surface area contributed by atoms with E-state index in [0.717, 1.165) is 18.7 Å². The molecule has 124 valence electrons. The summed E-state index contributed by atoms with van der Waals surface area (Å²) in [5.41, 5.74) is 0. The van der Waals surface area contributed by atoms with Crippen LogP contribution in [0.2, 0.25) is 0 Å². The lowest BCUT2D eigenvalue weighted by molar-refractivity contribution is -0.133. The molecule has 7 heteroatoms. The Morgan fingerprint density at radius 2 is 2.30 bits per heavy atom. The molecule has 3 heterocycles. The van der Waals surface area contributed by atoms with Crippen molar-refractivity contribution in [2.45, 2.75) is 39.3 Å². The van der Waals surface area contributed by atoms with Crippen LogP contribution in [-0.4, -0.2) is 45.5 Å². The monoisotopic (exact) mass is 318 g/mol. The van der Waals surface area contributed by atoms with Crippen molar-refractivity contribution in [2.75, 3.05) is 19.6 Å². The van der Waals surface area contributed by atoms with Crippen LogP contribution in [0.1, 0.15) is 43.3 Å². The first kappa shape index (κ1) is 15.7. The molecule has 0 spiro atoms. The Labute approximate surface area is 135 Å². The standard InChI is InChI=1S/C16H22N4O3/c1-3-15(21)20-8-5-7-19(10-13-6-4-9-22-13)11-14(20)16-17-12(2)18-23-16/h4,6,9,14H,3,5,7-8,10-11H2,1-2H3. The van der Waals surface area contributed by atoms with Crippen molar-refractivity contribution in [3.05, 3.63) is 35.9 Å². The lowest BCUT2D eigenvalue weighted by Crippen LogP contribution is -2.38. The lowest BCUT2D eigenvalue weighted by Gasteiger charge is -2.28. The van der Waals surface area contributed by atoms with Gasteiger partial charge in [-0.3, -0.25) is 9.69 Å². The molecular formula is C16H22N4O3. The van der Waals surface area contributed by atoms with Gasteiger partial charge in [-0.15, -0.1) is 0 Å². The van der Waals surface area contributed by atoms with Crippen molar-refractivity contribution in [1.29, 1.82) is 0 Å². The molecule has 1 aliphatic heterocycles. The molecule has 0 bridgehead atoms. The van der Waals surface area contributed by atoms with Gasteiger partial charge in [0.15, 0.2) is 5.82 Å². The molecule has 1 unspecified atom stereocenters. The summed E-state index contributed by atoms with van der Waals surface area (Å²) >= 11 is 0. The Hall–Kier alpha value is -2.15. The van der Waals surface area contributed by atoms with Gasteiger partial charge in [0.2, 0.25) is 5.91 Å². The lowest BCUT2D eigenvalue weighted by atomic mass is 10.2. The summed E-state index contributed by atoms with van der Waals surface area (Å²) in [5.74, 6) is 2.13. The number of nitrogens with zero attached hydrogens (tertiary/aromatic N) is 4. The summed E-state index contributed by atoms with van der Waals surface area (Å²) in [4.78, 5) is 20.8. The fourth-order valence-corrected chi connectivity index (χ4v) is 2.98. The Bertz CT molecular complexity index is 638. The first-order valence-electron chi connectivity index (χ1n) is 8.01. The van der Waals surface area contributed by atoms with Crippen LogP contribution in [0.15, 0.2) is 27.3 Å². The maximum atomic E-state index is 12.3. The average molecular weight is 318 g/mol. The van der Waals surface area contributed by atoms with Gasteiger partial charge < -0.3 is 13.8 Å². The predicted octanol–water partition coefficient (Wildman–Crippen LogP) is 2.16. The Morgan fingerprint density at radius 1 is 1.43 bits per heavy atom. The van der Waals surface area contributed by atoms with Gasteiger partial charge in [-0.2, -0.15) is 4.98 Å². The molecule has 1 fully saturated rings. The minimum Gasteiger partial charge on any atom is -0.468 e. The van der Waals surface area contributed by atoms with Crippen molar-refractivity contribution in [2.24, 2.45) is 0 Å². The van der Waals surface area contributed by atoms with Gasteiger partial charge in [0, 0.05) is 26.1 Å². The zero-order valence-electron chi connectivity index (χ0n) is 13.6. The molecule has 1 amide bonds. The average Bonchev–Trinajstić information content (AvgIpc) is 3.15. The second-order valence-electron chi connectivity index (χ2n) is 5.80. The molecule has 0 aliphatic carbocycles. The number of amides is 1. The highest BCUT2D eigenvalue weighted by Gasteiger charge is 2.32. The smallest absolute Gasteiger partial charge is 0.250 e. The van der Waals surface area contributed by atoms with Crippen molar-refractivity contribution < 1.29 is 13.7 Å². The van der Waals surface area contributed by atoms with Crippen LogP contribution in [0.4, 0.5) is 0 Å². The third-order valence-electron chi connectivity index (χ3n) is 4.09. The predicted molar refractivity (Wildman–Crippen MR) is 82.4 cm³/mol. The van der Waals surface area contributed by atoms with E-state index in [1.165, 1.54) is 0 Å². The van der Waals surface area contributed by atoms with Crippen LogP contribution in [0.3, 0.4) is 0 Å². The molecule has 2 aromatic rings. The first-order chi connectivity index (χ1) is 11.2. The van der Waals surface area contributed by atoms with Crippen molar-refractivity contribution >= 4 is 5.91 Å². The molecule has 3 rings (SSSR count). The zero-order valence-corrected chi connectivity index (χ0v) is 13.6. The number of aromatic nitrogens is 2. The first-order valence-corrected chi connectivity index (χ1v) is 8.01. The normalized spacial score (nSPS) is 19.7. The Kier molecular flexibility index (Phi) is 4.76. The molecule has 1 aliphatic rings. The Morgan fingerprint density at radius 3 is 2.96 bits per heavy atom. The van der Waals surface area contributed by atoms with E-state index in [2.05, 4.69) is 15.0 Å². The fourth-order valence-electron chi connectivity index (χ4n) is 2.98. The van der Waals surface area contributed by atoms with Gasteiger partial charge >= 0.3 is 0 Å². The number of carbonyl (C=O) groups is 1. The van der Waals surface area contributed by atoms with Gasteiger partial charge in [-0.05, 0) is 25.5 Å². The van der Waals surface area contributed by atoms with Gasteiger partial charge in [-0.1, -0.05) is 12.1 Å². The molecule has 7 nitrogen and oxygen atoms in total. The van der Waals surface area contributed by atoms with Gasteiger partial charge in [0.05, 0.1) is 12.8 Å². The summed E-state index contributed by atoms with van der Waals surface area (Å²) in [6, 6.07) is 3.64. The van der Waals surface area contributed by atoms with Crippen molar-refractivity contribution in [1.82, 2.24) is 19.9 Å². The highest BCUT2D eigenvalue weighted by Crippen LogP contribution is 2.25. The second-order valence-corrected chi connectivity index (χ2v) is 5.80. The van der Waals surface area contributed by atoms with Crippen LogP contribution in [0.25, 0.3) is 0 Å². The molecular weight excluding hydrogens is 296 g/mol. The van der Waals surface area contributed by atoms with Crippen LogP contribution >= 0.6 is 0 Å². The number of furan rings is 1. The van der Waals surface area contributed by atoms with Gasteiger partial charge in [0.25, 0.3) is 5.89 Å². The van der Waals surface area contributed by atoms with Crippen LogP contribution in [0, 0.1) is 6.92 Å². The molecule has 0 aromatic carbocycles. The van der Waals surface area contributed by atoms with E-state index in [-0.39, 0.29) is 11.9 Å². The van der Waals surface area contributed by atoms with Crippen LogP contribution in [0.5, 0.6) is 0 Å². The SMILES string of the molecule is CCC(=O)N1CCCN(Cc2ccco2)CC1c1nc(C)no1. The zero-order chi connectivity index (χ0) is 16.2. The van der Waals surface area contributed by atoms with Crippen LogP contribution in [-0.2, 0) is 11.3 Å². The number of hydrogen-bond acceptors (Lipinski definition) is 6. The molecule has 0 N–H and O–H groups in total. The third kappa shape index (κ3) is 3.61. The van der Waals surface area contributed by atoms with E-state index in [9.17, 15) is 4.79 Å². The number of carbonyl (C=O) groups excluding carboxylic acids is 1. The molecule has 2 aromatic heterocycles. The van der Waals surface area contributed by atoms with Gasteiger partial charge in [0.1, 0.15) is 11.8 Å². The molecule has 1 saturated heterocycles. The highest BCUT2D eigenvalue weighted by molar-refractivity contribution is 5.76. The minimum absolute atomic E-state index is 0.116. The van der Waals surface area contributed by atoms with E-state index in [1.54, 1.807) is 13.2 Å². The largest absolute Gasteiger partial charge is 0.468 e. The summed E-state index contributed by atoms with van der Waals surface area (Å²) in [6.07, 6.45) is 3.07. The van der Waals surface area contributed by atoms with Crippen LogP contribution < -0.4 is 0 Å². The third-order valence-corrected chi connectivity index (χ3v) is 4.09. The molecule has 0 radical (unpaired) electrons. The number of hydrogen-bond donors (Lipinski definition) is 0. The number of rotatable bonds is 4. The summed E-state index contributed by atoms with van der Waals surface area (Å²) < 4.78 is 10.8. The summed E-state index contributed by atoms with van der Waals surface area (Å²) in [5, 5.41) is 3.88. The Balaban J connectivity index is 1.82. The quantitative estimate of drug-likeness (QED) is 0.860. The maximum absolute atomic E-state index is 12.3. The minimum atomic E-state index is -0.207. The van der Waals surface area contributed by atoms with E-state index in [4.69, 9.17) is 8.94 Å². The molecule has 23 heavy (non-hydrogen) atoms. The van der Waals surface area contributed by atoms with E-state index < -0.39 is 0 Å². The molecule has 0 saturated carbocycles. The number of aryl methyl sites for hydroxylation is 1. The summed E-state index contributed by atoms with van der Waals surface area (Å²) in [7, 11) is 0. The highest BCUT2D eigenvalue weighted by atomic mass is 16.5. The van der Waals surface area contributed by atoms with E-state index >= 15 is 0 Å². The topological polar surface area (TPSA) is 75.6 Å². The van der Waals surface area contributed by atoms with Crippen molar-refractivity contribution in [3.63, 3.8) is 0 Å². The fraction of sp³-hybridized carbons (Fsp3) is 0.562.